The lowest BCUT2D eigenvalue weighted by Gasteiger charge is -2.00. The van der Waals surface area contributed by atoms with Crippen molar-refractivity contribution in [2.24, 2.45) is 0 Å². The average Bonchev–Trinajstić information content (AvgIpc) is 2.49. The zero-order valence-electron chi connectivity index (χ0n) is 8.95. The van der Waals surface area contributed by atoms with Crippen molar-refractivity contribution >= 4 is 16.5 Å². The van der Waals surface area contributed by atoms with Gasteiger partial charge in [-0.1, -0.05) is 29.8 Å². The molecule has 1 aromatic heterocycles. The van der Waals surface area contributed by atoms with Crippen LogP contribution in [0.5, 0.6) is 0 Å². The Morgan fingerprint density at radius 2 is 1.87 bits per heavy atom. The van der Waals surface area contributed by atoms with Gasteiger partial charge in [-0.15, -0.1) is 11.3 Å². The second-order valence-corrected chi connectivity index (χ2v) is 4.95. The Bertz CT molecular complexity index is 457. The fraction of sp³-hybridized carbons (Fsp3) is 0.250. The van der Waals surface area contributed by atoms with E-state index in [0.29, 0.717) is 5.13 Å². The van der Waals surface area contributed by atoms with Gasteiger partial charge < -0.3 is 5.73 Å². The fourth-order valence-corrected chi connectivity index (χ4v) is 2.22. The van der Waals surface area contributed by atoms with Crippen LogP contribution in [0.1, 0.15) is 21.7 Å². The highest BCUT2D eigenvalue weighted by Crippen LogP contribution is 2.21. The Balaban J connectivity index is 2.21. The zero-order chi connectivity index (χ0) is 10.8. The molecule has 2 nitrogen and oxygen atoms in total. The van der Waals surface area contributed by atoms with Crippen molar-refractivity contribution in [3.8, 4) is 0 Å². The molecular weight excluding hydrogens is 204 g/mol. The van der Waals surface area contributed by atoms with Crippen molar-refractivity contribution in [1.29, 1.82) is 0 Å². The van der Waals surface area contributed by atoms with Gasteiger partial charge in [0.25, 0.3) is 0 Å². The predicted octanol–water partition coefficient (Wildman–Crippen LogP) is 2.93. The van der Waals surface area contributed by atoms with Crippen molar-refractivity contribution < 1.29 is 0 Å². The van der Waals surface area contributed by atoms with Gasteiger partial charge >= 0.3 is 0 Å². The first-order valence-electron chi connectivity index (χ1n) is 4.92. The van der Waals surface area contributed by atoms with Crippen molar-refractivity contribution in [2.45, 2.75) is 20.3 Å². The second-order valence-electron chi connectivity index (χ2n) is 3.72. The third-order valence-electron chi connectivity index (χ3n) is 2.40. The van der Waals surface area contributed by atoms with Crippen molar-refractivity contribution in [3.05, 3.63) is 46.0 Å². The SMILES string of the molecule is Cc1ccc(Cc2nc(N)sc2C)cc1. The first-order chi connectivity index (χ1) is 7.15. The molecule has 0 radical (unpaired) electrons. The summed E-state index contributed by atoms with van der Waals surface area (Å²) >= 11 is 1.56. The number of nitrogen functional groups attached to an aromatic ring is 1. The van der Waals surface area contributed by atoms with E-state index in [9.17, 15) is 0 Å². The molecule has 0 saturated carbocycles. The predicted molar refractivity (Wildman–Crippen MR) is 65.2 cm³/mol. The summed E-state index contributed by atoms with van der Waals surface area (Å²) in [6.07, 6.45) is 0.875. The van der Waals surface area contributed by atoms with E-state index in [2.05, 4.69) is 43.1 Å². The second kappa shape index (κ2) is 4.03. The highest BCUT2D eigenvalue weighted by Gasteiger charge is 2.05. The van der Waals surface area contributed by atoms with E-state index in [4.69, 9.17) is 5.73 Å². The van der Waals surface area contributed by atoms with Crippen LogP contribution in [0.3, 0.4) is 0 Å². The summed E-state index contributed by atoms with van der Waals surface area (Å²) in [6, 6.07) is 8.54. The molecule has 1 heterocycles. The molecule has 0 amide bonds. The highest BCUT2D eigenvalue weighted by molar-refractivity contribution is 7.15. The molecular formula is C12H14N2S. The molecule has 0 spiro atoms. The van der Waals surface area contributed by atoms with Crippen LogP contribution in [0.25, 0.3) is 0 Å². The number of nitrogens with two attached hydrogens (primary N) is 1. The Labute approximate surface area is 93.8 Å². The van der Waals surface area contributed by atoms with Crippen molar-refractivity contribution in [3.63, 3.8) is 0 Å². The van der Waals surface area contributed by atoms with Crippen LogP contribution in [-0.2, 0) is 6.42 Å². The number of nitrogens with zero attached hydrogens (tertiary/aromatic N) is 1. The lowest BCUT2D eigenvalue weighted by atomic mass is 10.1. The number of thiazole rings is 1. The van der Waals surface area contributed by atoms with Gasteiger partial charge in [-0.25, -0.2) is 4.98 Å². The molecule has 0 aliphatic rings. The van der Waals surface area contributed by atoms with Gasteiger partial charge in [0.2, 0.25) is 0 Å². The van der Waals surface area contributed by atoms with E-state index >= 15 is 0 Å². The molecule has 3 heteroatoms. The molecule has 0 saturated heterocycles. The van der Waals surface area contributed by atoms with Gasteiger partial charge in [0.05, 0.1) is 5.69 Å². The first-order valence-corrected chi connectivity index (χ1v) is 5.74. The molecule has 0 aliphatic heterocycles. The summed E-state index contributed by atoms with van der Waals surface area (Å²) < 4.78 is 0. The van der Waals surface area contributed by atoms with Crippen LogP contribution in [0.2, 0.25) is 0 Å². The summed E-state index contributed by atoms with van der Waals surface area (Å²) in [7, 11) is 0. The monoisotopic (exact) mass is 218 g/mol. The molecule has 0 aliphatic carbocycles. The van der Waals surface area contributed by atoms with Gasteiger partial charge in [-0.05, 0) is 19.4 Å². The molecule has 0 unspecified atom stereocenters. The van der Waals surface area contributed by atoms with Crippen LogP contribution in [-0.4, -0.2) is 4.98 Å². The van der Waals surface area contributed by atoms with Gasteiger partial charge in [0, 0.05) is 11.3 Å². The fourth-order valence-electron chi connectivity index (χ4n) is 1.51. The number of benzene rings is 1. The minimum absolute atomic E-state index is 0.662. The van der Waals surface area contributed by atoms with E-state index in [1.807, 2.05) is 0 Å². The largest absolute Gasteiger partial charge is 0.375 e. The summed E-state index contributed by atoms with van der Waals surface area (Å²) in [4.78, 5) is 5.54. The Morgan fingerprint density at radius 1 is 1.20 bits per heavy atom. The molecule has 2 aromatic rings. The van der Waals surface area contributed by atoms with E-state index in [-0.39, 0.29) is 0 Å². The Kier molecular flexibility index (Phi) is 2.73. The van der Waals surface area contributed by atoms with Gasteiger partial charge in [0.15, 0.2) is 5.13 Å². The maximum atomic E-state index is 5.66. The number of rotatable bonds is 2. The number of anilines is 1. The molecule has 0 bridgehead atoms. The molecule has 1 aromatic carbocycles. The average molecular weight is 218 g/mol. The number of hydrogen-bond donors (Lipinski definition) is 1. The van der Waals surface area contributed by atoms with Gasteiger partial charge in [-0.3, -0.25) is 0 Å². The van der Waals surface area contributed by atoms with Crippen LogP contribution in [0.4, 0.5) is 5.13 Å². The standard InChI is InChI=1S/C12H14N2S/c1-8-3-5-10(6-4-8)7-11-9(2)15-12(13)14-11/h3-6H,7H2,1-2H3,(H2,13,14). The molecule has 78 valence electrons. The van der Waals surface area contributed by atoms with Crippen LogP contribution >= 0.6 is 11.3 Å². The molecule has 2 rings (SSSR count). The minimum atomic E-state index is 0.662. The van der Waals surface area contributed by atoms with Crippen molar-refractivity contribution in [1.82, 2.24) is 4.98 Å². The first kappa shape index (κ1) is 10.2. The summed E-state index contributed by atoms with van der Waals surface area (Å²) in [5.74, 6) is 0. The van der Waals surface area contributed by atoms with E-state index < -0.39 is 0 Å². The number of hydrogen-bond acceptors (Lipinski definition) is 3. The van der Waals surface area contributed by atoms with E-state index in [1.54, 1.807) is 11.3 Å². The summed E-state index contributed by atoms with van der Waals surface area (Å²) in [5.41, 5.74) is 9.33. The highest BCUT2D eigenvalue weighted by atomic mass is 32.1. The van der Waals surface area contributed by atoms with Gasteiger partial charge in [0.1, 0.15) is 0 Å². The quantitative estimate of drug-likeness (QED) is 0.841. The van der Waals surface area contributed by atoms with Gasteiger partial charge in [-0.2, -0.15) is 0 Å². The smallest absolute Gasteiger partial charge is 0.180 e. The summed E-state index contributed by atoms with van der Waals surface area (Å²) in [6.45, 7) is 4.16. The number of aryl methyl sites for hydroxylation is 2. The maximum Gasteiger partial charge on any atom is 0.180 e. The normalized spacial score (nSPS) is 10.5. The lowest BCUT2D eigenvalue weighted by molar-refractivity contribution is 1.09. The molecule has 0 atom stereocenters. The third-order valence-corrected chi connectivity index (χ3v) is 3.24. The van der Waals surface area contributed by atoms with Crippen molar-refractivity contribution in [2.75, 3.05) is 5.73 Å². The minimum Gasteiger partial charge on any atom is -0.375 e. The molecule has 2 N–H and O–H groups in total. The summed E-state index contributed by atoms with van der Waals surface area (Å²) in [5, 5.41) is 0.662. The third kappa shape index (κ3) is 2.36. The van der Waals surface area contributed by atoms with E-state index in [1.165, 1.54) is 16.0 Å². The maximum absolute atomic E-state index is 5.66. The van der Waals surface area contributed by atoms with Crippen LogP contribution in [0, 0.1) is 13.8 Å². The molecule has 15 heavy (non-hydrogen) atoms. The Morgan fingerprint density at radius 3 is 2.40 bits per heavy atom. The van der Waals surface area contributed by atoms with Crippen LogP contribution < -0.4 is 5.73 Å². The number of aromatic nitrogens is 1. The topological polar surface area (TPSA) is 38.9 Å². The van der Waals surface area contributed by atoms with E-state index in [0.717, 1.165) is 12.1 Å². The molecule has 0 fully saturated rings. The lowest BCUT2D eigenvalue weighted by Crippen LogP contribution is -1.91. The Hall–Kier alpha value is -1.35. The zero-order valence-corrected chi connectivity index (χ0v) is 9.77. The van der Waals surface area contributed by atoms with Crippen LogP contribution in [0.15, 0.2) is 24.3 Å².